The smallest absolute Gasteiger partial charge is 0.339 e. The van der Waals surface area contributed by atoms with E-state index < -0.39 is 7.60 Å². The van der Waals surface area contributed by atoms with E-state index in [9.17, 15) is 9.36 Å². The van der Waals surface area contributed by atoms with Crippen LogP contribution in [0.4, 0.5) is 5.69 Å². The minimum Gasteiger partial charge on any atom is -0.380 e. The Balaban J connectivity index is 1.18. The summed E-state index contributed by atoms with van der Waals surface area (Å²) in [5.41, 5.74) is 4.53. The Hall–Kier alpha value is -2.52. The summed E-state index contributed by atoms with van der Waals surface area (Å²) in [4.78, 5) is 35.9. The number of carbonyl (C=O) groups is 1. The highest BCUT2D eigenvalue weighted by atomic mass is 32.1. The van der Waals surface area contributed by atoms with Crippen LogP contribution in [-0.2, 0) is 11.1 Å². The zero-order chi connectivity index (χ0) is 28.3. The van der Waals surface area contributed by atoms with Crippen molar-refractivity contribution >= 4 is 30.5 Å². The third-order valence-corrected chi connectivity index (χ3v) is 9.70. The molecule has 1 amide bonds. The van der Waals surface area contributed by atoms with Gasteiger partial charge in [-0.1, -0.05) is 37.1 Å². The van der Waals surface area contributed by atoms with E-state index in [0.717, 1.165) is 28.9 Å². The van der Waals surface area contributed by atoms with Gasteiger partial charge in [0.05, 0.1) is 12.1 Å². The summed E-state index contributed by atoms with van der Waals surface area (Å²) in [5, 5.41) is 10.2. The molecule has 5 N–H and O–H groups in total. The van der Waals surface area contributed by atoms with E-state index in [4.69, 9.17) is 9.79 Å². The predicted molar refractivity (Wildman–Crippen MR) is 162 cm³/mol. The number of hydrogen-bond acceptors (Lipinski definition) is 6. The van der Waals surface area contributed by atoms with E-state index in [1.165, 1.54) is 35.4 Å². The van der Waals surface area contributed by atoms with E-state index in [0.29, 0.717) is 24.7 Å². The Labute approximate surface area is 240 Å². The lowest BCUT2D eigenvalue weighted by Gasteiger charge is -2.40. The van der Waals surface area contributed by atoms with E-state index in [2.05, 4.69) is 46.3 Å². The summed E-state index contributed by atoms with van der Waals surface area (Å²) in [6.07, 6.45) is 5.01. The van der Waals surface area contributed by atoms with Crippen molar-refractivity contribution < 1.29 is 19.1 Å². The number of aryl methyl sites for hydroxylation is 1. The number of benzene rings is 2. The standard InChI is InChI=1S/C30H39N4O4PS/c1-20-10-11-25(33-26-17-34(18-26)19-39(36,37)38)15-28(20)30(35)32-21(2)22-6-5-7-23(14-22)29-13-12-27(40-29)16-31-24-8-3-4-9-24/h5-7,10-15,21,24,26,31,33H,3-4,8-9,16-19H2,1-2H3,(H,32,35)(H2,36,37,38). The van der Waals surface area contributed by atoms with Crippen molar-refractivity contribution in [1.29, 1.82) is 0 Å². The van der Waals surface area contributed by atoms with Crippen LogP contribution in [0, 0.1) is 6.92 Å². The van der Waals surface area contributed by atoms with E-state index in [1.54, 1.807) is 4.90 Å². The van der Waals surface area contributed by atoms with Gasteiger partial charge in [0, 0.05) is 46.7 Å². The fourth-order valence-corrected chi connectivity index (χ4v) is 7.26. The number of hydrogen-bond donors (Lipinski definition) is 5. The molecule has 2 aromatic carbocycles. The second-order valence-corrected chi connectivity index (χ2v) is 13.9. The average molecular weight is 583 g/mol. The lowest BCUT2D eigenvalue weighted by molar-refractivity contribution is 0.0939. The van der Waals surface area contributed by atoms with Crippen molar-refractivity contribution in [3.8, 4) is 10.4 Å². The van der Waals surface area contributed by atoms with Crippen LogP contribution in [0.3, 0.4) is 0 Å². The van der Waals surface area contributed by atoms with Gasteiger partial charge in [-0.05, 0) is 73.7 Å². The van der Waals surface area contributed by atoms with Crippen LogP contribution >= 0.6 is 18.9 Å². The molecule has 1 aliphatic carbocycles. The number of carbonyl (C=O) groups excluding carboxylic acids is 1. The number of likely N-dealkylation sites (tertiary alicyclic amines) is 1. The molecule has 1 aliphatic heterocycles. The summed E-state index contributed by atoms with van der Waals surface area (Å²) in [7, 11) is -4.05. The molecule has 1 saturated heterocycles. The van der Waals surface area contributed by atoms with Gasteiger partial charge in [0.15, 0.2) is 0 Å². The topological polar surface area (TPSA) is 114 Å². The fraction of sp³-hybridized carbons (Fsp3) is 0.433. The van der Waals surface area contributed by atoms with Gasteiger partial charge in [0.25, 0.3) is 5.91 Å². The molecule has 5 rings (SSSR count). The SMILES string of the molecule is Cc1ccc(NC2CN(CP(=O)(O)O)C2)cc1C(=O)NC(C)c1cccc(-c2ccc(CNC3CCCC3)s2)c1. The van der Waals surface area contributed by atoms with Crippen molar-refractivity contribution in [1.82, 2.24) is 15.5 Å². The first kappa shape index (κ1) is 29.0. The molecule has 1 atom stereocenters. The van der Waals surface area contributed by atoms with E-state index >= 15 is 0 Å². The van der Waals surface area contributed by atoms with Gasteiger partial charge in [0.2, 0.25) is 0 Å². The molecule has 10 heteroatoms. The largest absolute Gasteiger partial charge is 0.380 e. The number of rotatable bonds is 11. The quantitative estimate of drug-likeness (QED) is 0.190. The number of amides is 1. The van der Waals surface area contributed by atoms with Gasteiger partial charge < -0.3 is 25.7 Å². The summed E-state index contributed by atoms with van der Waals surface area (Å²) in [6, 6.07) is 19.1. The van der Waals surface area contributed by atoms with Gasteiger partial charge in [-0.25, -0.2) is 0 Å². The number of nitrogens with zero attached hydrogens (tertiary/aromatic N) is 1. The third-order valence-electron chi connectivity index (χ3n) is 7.79. The highest BCUT2D eigenvalue weighted by Gasteiger charge is 2.31. The summed E-state index contributed by atoms with van der Waals surface area (Å²) >= 11 is 1.82. The normalized spacial score (nSPS) is 17.5. The zero-order valence-corrected chi connectivity index (χ0v) is 24.8. The molecule has 3 aromatic rings. The van der Waals surface area contributed by atoms with Gasteiger partial charge in [-0.3, -0.25) is 14.3 Å². The van der Waals surface area contributed by atoms with E-state index in [1.807, 2.05) is 49.4 Å². The average Bonchev–Trinajstić information content (AvgIpc) is 3.59. The lowest BCUT2D eigenvalue weighted by atomic mass is 10.0. The lowest BCUT2D eigenvalue weighted by Crippen LogP contribution is -2.54. The van der Waals surface area contributed by atoms with Gasteiger partial charge in [-0.2, -0.15) is 0 Å². The number of nitrogens with one attached hydrogen (secondary N) is 3. The second kappa shape index (κ2) is 12.6. The Bertz CT molecular complexity index is 1380. The van der Waals surface area contributed by atoms with Crippen LogP contribution < -0.4 is 16.0 Å². The monoisotopic (exact) mass is 582 g/mol. The molecule has 8 nitrogen and oxygen atoms in total. The molecule has 2 fully saturated rings. The maximum Gasteiger partial charge on any atom is 0.339 e. The van der Waals surface area contributed by atoms with Crippen LogP contribution in [-0.4, -0.2) is 52.1 Å². The van der Waals surface area contributed by atoms with Crippen LogP contribution in [0.15, 0.2) is 54.6 Å². The molecule has 0 radical (unpaired) electrons. The molecule has 2 aliphatic rings. The second-order valence-electron chi connectivity index (χ2n) is 11.2. The van der Waals surface area contributed by atoms with Gasteiger partial charge in [0.1, 0.15) is 6.29 Å². The number of anilines is 1. The minimum atomic E-state index is -4.05. The summed E-state index contributed by atoms with van der Waals surface area (Å²) in [5.74, 6) is -0.132. The maximum atomic E-state index is 13.3. The molecule has 2 heterocycles. The Kier molecular flexibility index (Phi) is 9.10. The maximum absolute atomic E-state index is 13.3. The Morgan fingerprint density at radius 3 is 2.60 bits per heavy atom. The van der Waals surface area contributed by atoms with Crippen molar-refractivity contribution in [3.63, 3.8) is 0 Å². The van der Waals surface area contributed by atoms with E-state index in [-0.39, 0.29) is 24.3 Å². The molecular formula is C30H39N4O4PS. The molecule has 40 heavy (non-hydrogen) atoms. The van der Waals surface area contributed by atoms with Crippen LogP contribution in [0.2, 0.25) is 0 Å². The molecular weight excluding hydrogens is 543 g/mol. The molecule has 214 valence electrons. The predicted octanol–water partition coefficient (Wildman–Crippen LogP) is 5.48. The summed E-state index contributed by atoms with van der Waals surface area (Å²) in [6.45, 7) is 5.95. The molecule has 0 spiro atoms. The first-order chi connectivity index (χ1) is 19.1. The first-order valence-corrected chi connectivity index (χ1v) is 16.6. The van der Waals surface area contributed by atoms with Crippen molar-refractivity contribution in [2.45, 2.75) is 64.2 Å². The molecule has 0 bridgehead atoms. The zero-order valence-electron chi connectivity index (χ0n) is 23.1. The van der Waals surface area contributed by atoms with Crippen molar-refractivity contribution in [2.75, 3.05) is 24.7 Å². The Morgan fingerprint density at radius 2 is 1.85 bits per heavy atom. The van der Waals surface area contributed by atoms with Crippen LogP contribution in [0.1, 0.15) is 65.0 Å². The highest BCUT2D eigenvalue weighted by molar-refractivity contribution is 7.51. The van der Waals surface area contributed by atoms with Crippen molar-refractivity contribution in [3.05, 3.63) is 76.2 Å². The Morgan fingerprint density at radius 1 is 1.07 bits per heavy atom. The molecule has 1 unspecified atom stereocenters. The summed E-state index contributed by atoms with van der Waals surface area (Å²) < 4.78 is 11.2. The molecule has 1 saturated carbocycles. The van der Waals surface area contributed by atoms with Crippen LogP contribution in [0.5, 0.6) is 0 Å². The van der Waals surface area contributed by atoms with Crippen molar-refractivity contribution in [2.24, 2.45) is 0 Å². The third kappa shape index (κ3) is 7.60. The minimum absolute atomic E-state index is 0.0862. The number of thiophene rings is 1. The highest BCUT2D eigenvalue weighted by Crippen LogP contribution is 2.37. The van der Waals surface area contributed by atoms with Gasteiger partial charge in [-0.15, -0.1) is 11.3 Å². The van der Waals surface area contributed by atoms with Gasteiger partial charge >= 0.3 is 7.60 Å². The van der Waals surface area contributed by atoms with Crippen LogP contribution in [0.25, 0.3) is 10.4 Å². The molecule has 1 aromatic heterocycles. The fourth-order valence-electron chi connectivity index (χ4n) is 5.55. The first-order valence-electron chi connectivity index (χ1n) is 14.0.